The topological polar surface area (TPSA) is 67.9 Å². The Hall–Kier alpha value is -2.61. The molecule has 2 heterocycles. The molecule has 4 rings (SSSR count). The van der Waals surface area contributed by atoms with E-state index in [1.54, 1.807) is 14.0 Å². The Kier molecular flexibility index (Phi) is 7.77. The van der Waals surface area contributed by atoms with Gasteiger partial charge in [0.15, 0.2) is 0 Å². The third-order valence-corrected chi connectivity index (χ3v) is 6.73. The van der Waals surface area contributed by atoms with Gasteiger partial charge in [0.25, 0.3) is 5.91 Å². The van der Waals surface area contributed by atoms with Crippen molar-refractivity contribution in [1.82, 2.24) is 4.90 Å². The number of rotatable bonds is 6. The number of carbonyl (C=O) groups is 2. The van der Waals surface area contributed by atoms with Crippen LogP contribution in [0.5, 0.6) is 5.75 Å². The number of carbonyl (C=O) groups excluding carboxylic acids is 2. The molecule has 1 aliphatic heterocycles. The quantitative estimate of drug-likeness (QED) is 0.501. The molecule has 6 nitrogen and oxygen atoms in total. The predicted molar refractivity (Wildman–Crippen MR) is 131 cm³/mol. The molecule has 0 unspecified atom stereocenters. The van der Waals surface area contributed by atoms with Crippen LogP contribution in [0.2, 0.25) is 0 Å². The fraction of sp³-hybridized carbons (Fsp3) is 0.333. The SMILES string of the molecule is CCOC(=O)c1c(NC(=O)c2cc3ccccc3cc2OC)sc2c1CCN(CC)C2.Cl. The van der Waals surface area contributed by atoms with Gasteiger partial charge in [-0.1, -0.05) is 31.2 Å². The lowest BCUT2D eigenvalue weighted by atomic mass is 10.0. The van der Waals surface area contributed by atoms with Crippen LogP contribution >= 0.6 is 23.7 Å². The fourth-order valence-electron chi connectivity index (χ4n) is 3.97. The summed E-state index contributed by atoms with van der Waals surface area (Å²) in [5.74, 6) is -0.197. The van der Waals surface area contributed by atoms with Gasteiger partial charge in [-0.15, -0.1) is 23.7 Å². The lowest BCUT2D eigenvalue weighted by Crippen LogP contribution is -2.30. The van der Waals surface area contributed by atoms with E-state index in [0.29, 0.717) is 21.9 Å². The van der Waals surface area contributed by atoms with Gasteiger partial charge in [0.1, 0.15) is 10.8 Å². The van der Waals surface area contributed by atoms with E-state index in [9.17, 15) is 9.59 Å². The molecule has 2 aromatic carbocycles. The molecular weight excluding hydrogens is 448 g/mol. The number of hydrogen-bond donors (Lipinski definition) is 1. The molecule has 170 valence electrons. The van der Waals surface area contributed by atoms with Crippen molar-refractivity contribution in [2.45, 2.75) is 26.8 Å². The van der Waals surface area contributed by atoms with Crippen molar-refractivity contribution < 1.29 is 19.1 Å². The number of hydrogen-bond acceptors (Lipinski definition) is 6. The number of benzene rings is 2. The molecule has 0 spiro atoms. The third-order valence-electron chi connectivity index (χ3n) is 5.60. The summed E-state index contributed by atoms with van der Waals surface area (Å²) in [6, 6.07) is 11.5. The van der Waals surface area contributed by atoms with Crippen molar-refractivity contribution in [2.24, 2.45) is 0 Å². The zero-order chi connectivity index (χ0) is 22.0. The number of methoxy groups -OCH3 is 1. The molecule has 3 aromatic rings. The Morgan fingerprint density at radius 1 is 1.16 bits per heavy atom. The summed E-state index contributed by atoms with van der Waals surface area (Å²) in [6.45, 7) is 6.81. The van der Waals surface area contributed by atoms with Crippen LogP contribution in [0.1, 0.15) is 45.0 Å². The van der Waals surface area contributed by atoms with Crippen LogP contribution in [0.4, 0.5) is 5.00 Å². The van der Waals surface area contributed by atoms with Crippen LogP contribution in [0.25, 0.3) is 10.8 Å². The van der Waals surface area contributed by atoms with Crippen LogP contribution in [0.15, 0.2) is 36.4 Å². The molecular formula is C24H27ClN2O4S. The summed E-state index contributed by atoms with van der Waals surface area (Å²) in [7, 11) is 1.55. The minimum atomic E-state index is -0.384. The lowest BCUT2D eigenvalue weighted by Gasteiger charge is -2.25. The van der Waals surface area contributed by atoms with Gasteiger partial charge in [-0.05, 0) is 48.4 Å². The Morgan fingerprint density at radius 3 is 2.53 bits per heavy atom. The van der Waals surface area contributed by atoms with Crippen LogP contribution in [-0.4, -0.2) is 43.6 Å². The first-order valence-electron chi connectivity index (χ1n) is 10.5. The van der Waals surface area contributed by atoms with E-state index in [0.717, 1.165) is 47.3 Å². The number of ether oxygens (including phenoxy) is 2. The summed E-state index contributed by atoms with van der Waals surface area (Å²) >= 11 is 1.46. The number of nitrogens with zero attached hydrogens (tertiary/aromatic N) is 1. The number of fused-ring (bicyclic) bond motifs is 2. The summed E-state index contributed by atoms with van der Waals surface area (Å²) in [4.78, 5) is 29.5. The third kappa shape index (κ3) is 4.60. The van der Waals surface area contributed by atoms with Gasteiger partial charge in [-0.3, -0.25) is 9.69 Å². The maximum atomic E-state index is 13.3. The van der Waals surface area contributed by atoms with E-state index < -0.39 is 0 Å². The average Bonchev–Trinajstić information content (AvgIpc) is 3.14. The van der Waals surface area contributed by atoms with E-state index in [2.05, 4.69) is 17.1 Å². The van der Waals surface area contributed by atoms with Gasteiger partial charge in [-0.25, -0.2) is 4.79 Å². The van der Waals surface area contributed by atoms with Gasteiger partial charge in [0.05, 0.1) is 24.8 Å². The maximum absolute atomic E-state index is 13.3. The monoisotopic (exact) mass is 474 g/mol. The molecule has 1 amide bonds. The zero-order valence-electron chi connectivity index (χ0n) is 18.4. The van der Waals surface area contributed by atoms with E-state index in [1.165, 1.54) is 11.3 Å². The molecule has 32 heavy (non-hydrogen) atoms. The largest absolute Gasteiger partial charge is 0.496 e. The Labute approximate surface area is 197 Å². The molecule has 1 aromatic heterocycles. The highest BCUT2D eigenvalue weighted by Gasteiger charge is 2.29. The first-order chi connectivity index (χ1) is 15.0. The molecule has 0 atom stereocenters. The molecule has 8 heteroatoms. The molecule has 0 fully saturated rings. The number of esters is 1. The van der Waals surface area contributed by atoms with Crippen LogP contribution < -0.4 is 10.1 Å². The Balaban J connectivity index is 0.00000289. The maximum Gasteiger partial charge on any atom is 0.341 e. The average molecular weight is 475 g/mol. The number of anilines is 1. The number of nitrogens with one attached hydrogen (secondary N) is 1. The van der Waals surface area contributed by atoms with Crippen molar-refractivity contribution in [3.63, 3.8) is 0 Å². The Bertz CT molecular complexity index is 1140. The summed E-state index contributed by atoms with van der Waals surface area (Å²) in [5, 5.41) is 5.46. The van der Waals surface area contributed by atoms with E-state index in [1.807, 2.05) is 36.4 Å². The van der Waals surface area contributed by atoms with Crippen LogP contribution in [-0.2, 0) is 17.7 Å². The van der Waals surface area contributed by atoms with Gasteiger partial charge < -0.3 is 14.8 Å². The number of thiophene rings is 1. The van der Waals surface area contributed by atoms with Gasteiger partial charge in [0, 0.05) is 18.0 Å². The van der Waals surface area contributed by atoms with E-state index in [-0.39, 0.29) is 30.9 Å². The molecule has 1 aliphatic rings. The van der Waals surface area contributed by atoms with Crippen molar-refractivity contribution in [2.75, 3.05) is 32.1 Å². The Morgan fingerprint density at radius 2 is 1.88 bits per heavy atom. The molecule has 1 N–H and O–H groups in total. The van der Waals surface area contributed by atoms with Crippen molar-refractivity contribution in [3.05, 3.63) is 58.0 Å². The number of halogens is 1. The summed E-state index contributed by atoms with van der Waals surface area (Å²) in [5.41, 5.74) is 1.91. The molecule has 0 saturated heterocycles. The molecule has 0 radical (unpaired) electrons. The van der Waals surface area contributed by atoms with Gasteiger partial charge in [-0.2, -0.15) is 0 Å². The highest BCUT2D eigenvalue weighted by atomic mass is 35.5. The number of likely N-dealkylation sites (N-methyl/N-ethyl adjacent to an activating group) is 1. The first-order valence-corrected chi connectivity index (χ1v) is 11.3. The molecule has 0 saturated carbocycles. The highest BCUT2D eigenvalue weighted by Crippen LogP contribution is 2.38. The zero-order valence-corrected chi connectivity index (χ0v) is 20.0. The van der Waals surface area contributed by atoms with Gasteiger partial charge in [0.2, 0.25) is 0 Å². The van der Waals surface area contributed by atoms with Crippen molar-refractivity contribution >= 4 is 51.4 Å². The summed E-state index contributed by atoms with van der Waals surface area (Å²) in [6.07, 6.45) is 0.767. The van der Waals surface area contributed by atoms with E-state index in [4.69, 9.17) is 9.47 Å². The molecule has 0 aliphatic carbocycles. The highest BCUT2D eigenvalue weighted by molar-refractivity contribution is 7.17. The fourth-order valence-corrected chi connectivity index (χ4v) is 5.24. The van der Waals surface area contributed by atoms with Gasteiger partial charge >= 0.3 is 5.97 Å². The van der Waals surface area contributed by atoms with Crippen LogP contribution in [0, 0.1) is 0 Å². The summed E-state index contributed by atoms with van der Waals surface area (Å²) < 4.78 is 10.8. The number of amides is 1. The molecule has 0 bridgehead atoms. The van der Waals surface area contributed by atoms with Crippen molar-refractivity contribution in [1.29, 1.82) is 0 Å². The standard InChI is InChI=1S/C24H26N2O4S.ClH/c1-4-26-11-10-17-20(14-26)31-23(21(17)24(28)30-5-2)25-22(27)18-12-15-8-6-7-9-16(15)13-19(18)29-3;/h6-9,12-13H,4-5,10-11,14H2,1-3H3,(H,25,27);1H. The second-order valence-electron chi connectivity index (χ2n) is 7.40. The minimum Gasteiger partial charge on any atom is -0.496 e. The second-order valence-corrected chi connectivity index (χ2v) is 8.51. The minimum absolute atomic E-state index is 0. The van der Waals surface area contributed by atoms with Crippen molar-refractivity contribution in [3.8, 4) is 5.75 Å². The first kappa shape index (κ1) is 24.0. The second kappa shape index (κ2) is 10.3. The smallest absolute Gasteiger partial charge is 0.341 e. The van der Waals surface area contributed by atoms with Crippen LogP contribution in [0.3, 0.4) is 0 Å². The van der Waals surface area contributed by atoms with E-state index >= 15 is 0 Å². The predicted octanol–water partition coefficient (Wildman–Crippen LogP) is 5.14. The normalized spacial score (nSPS) is 13.2. The lowest BCUT2D eigenvalue weighted by molar-refractivity contribution is 0.0526.